The van der Waals surface area contributed by atoms with Gasteiger partial charge in [0, 0.05) is 26.1 Å². The molecule has 0 aromatic heterocycles. The summed E-state index contributed by atoms with van der Waals surface area (Å²) in [5.41, 5.74) is -1.25. The van der Waals surface area contributed by atoms with Crippen LogP contribution in [-0.2, 0) is 14.4 Å². The predicted molar refractivity (Wildman–Crippen MR) is 76.5 cm³/mol. The molecule has 2 aliphatic rings. The number of amides is 2. The Hall–Kier alpha value is -1.59. The van der Waals surface area contributed by atoms with Crippen molar-refractivity contribution in [3.8, 4) is 0 Å². The summed E-state index contributed by atoms with van der Waals surface area (Å²) < 4.78 is 0. The third kappa shape index (κ3) is 3.19. The quantitative estimate of drug-likeness (QED) is 0.792. The van der Waals surface area contributed by atoms with Crippen LogP contribution in [0, 0.1) is 11.8 Å². The van der Waals surface area contributed by atoms with E-state index < -0.39 is 17.4 Å². The number of hydrogen-bond donors (Lipinski definition) is 1. The Kier molecular flexibility index (Phi) is 4.25. The Morgan fingerprint density at radius 3 is 2.48 bits per heavy atom. The normalized spacial score (nSPS) is 22.5. The second kappa shape index (κ2) is 5.66. The van der Waals surface area contributed by atoms with Crippen LogP contribution >= 0.6 is 0 Å². The number of carboxylic acids is 1. The predicted octanol–water partition coefficient (Wildman–Crippen LogP) is 0.957. The Labute approximate surface area is 125 Å². The zero-order chi connectivity index (χ0) is 15.8. The van der Waals surface area contributed by atoms with E-state index in [1.165, 1.54) is 18.7 Å². The maximum Gasteiger partial charge on any atom is 0.329 e. The minimum absolute atomic E-state index is 0.0180. The van der Waals surface area contributed by atoms with E-state index in [0.29, 0.717) is 19.0 Å². The number of likely N-dealkylation sites (N-methyl/N-ethyl adjacent to an activating group) is 1. The molecule has 0 aromatic carbocycles. The van der Waals surface area contributed by atoms with E-state index in [-0.39, 0.29) is 18.2 Å². The first-order valence-corrected chi connectivity index (χ1v) is 7.60. The molecular formula is C15H24N2O4. The van der Waals surface area contributed by atoms with Gasteiger partial charge in [-0.2, -0.15) is 0 Å². The van der Waals surface area contributed by atoms with Crippen molar-refractivity contribution >= 4 is 17.8 Å². The Morgan fingerprint density at radius 2 is 2.00 bits per heavy atom. The number of hydrogen-bond acceptors (Lipinski definition) is 3. The number of carboxylic acid groups (broad SMARTS) is 1. The van der Waals surface area contributed by atoms with Crippen molar-refractivity contribution in [3.05, 3.63) is 0 Å². The molecule has 0 aromatic rings. The molecule has 1 aliphatic heterocycles. The minimum atomic E-state index is -1.25. The summed E-state index contributed by atoms with van der Waals surface area (Å²) >= 11 is 0. The third-order valence-corrected chi connectivity index (χ3v) is 4.52. The molecule has 2 fully saturated rings. The molecule has 21 heavy (non-hydrogen) atoms. The number of likely N-dealkylation sites (tertiary alicyclic amines) is 1. The molecule has 0 spiro atoms. The van der Waals surface area contributed by atoms with Gasteiger partial charge in [-0.1, -0.05) is 0 Å². The molecule has 1 saturated carbocycles. The molecule has 1 atom stereocenters. The fourth-order valence-corrected chi connectivity index (χ4v) is 2.89. The van der Waals surface area contributed by atoms with E-state index in [1.54, 1.807) is 11.8 Å². The van der Waals surface area contributed by atoms with Gasteiger partial charge in [0.15, 0.2) is 0 Å². The summed E-state index contributed by atoms with van der Waals surface area (Å²) in [4.78, 5) is 39.1. The van der Waals surface area contributed by atoms with Gasteiger partial charge < -0.3 is 14.9 Å². The first-order chi connectivity index (χ1) is 9.77. The molecular weight excluding hydrogens is 272 g/mol. The number of aliphatic carboxylic acids is 1. The number of carbonyl (C=O) groups is 3. The largest absolute Gasteiger partial charge is 0.480 e. The molecule has 6 heteroatoms. The van der Waals surface area contributed by atoms with Crippen LogP contribution in [0.25, 0.3) is 0 Å². The maximum atomic E-state index is 12.6. The monoisotopic (exact) mass is 296 g/mol. The van der Waals surface area contributed by atoms with Crippen molar-refractivity contribution in [1.82, 2.24) is 9.80 Å². The van der Waals surface area contributed by atoms with Crippen LogP contribution in [0.3, 0.4) is 0 Å². The zero-order valence-corrected chi connectivity index (χ0v) is 13.0. The summed E-state index contributed by atoms with van der Waals surface area (Å²) in [6.45, 7) is 6.31. The molecule has 118 valence electrons. The van der Waals surface area contributed by atoms with Gasteiger partial charge in [-0.05, 0) is 39.5 Å². The molecule has 2 rings (SSSR count). The molecule has 0 radical (unpaired) electrons. The van der Waals surface area contributed by atoms with Crippen molar-refractivity contribution in [2.45, 2.75) is 45.6 Å². The van der Waals surface area contributed by atoms with Crippen LogP contribution in [0.5, 0.6) is 0 Å². The lowest BCUT2D eigenvalue weighted by atomic mass is 9.99. The topological polar surface area (TPSA) is 77.9 Å². The molecule has 1 aliphatic carbocycles. The van der Waals surface area contributed by atoms with E-state index >= 15 is 0 Å². The van der Waals surface area contributed by atoms with E-state index in [0.717, 1.165) is 19.4 Å². The fraction of sp³-hybridized carbons (Fsp3) is 0.800. The van der Waals surface area contributed by atoms with Gasteiger partial charge in [-0.3, -0.25) is 9.59 Å². The standard InChI is InChI=1S/C15H24N2O4/c1-4-17(15(2,3)14(20)21)13(19)11-7-12(18)16(9-11)8-10-5-6-10/h10-11H,4-9H2,1-3H3,(H,20,21). The van der Waals surface area contributed by atoms with Crippen molar-refractivity contribution in [2.75, 3.05) is 19.6 Å². The van der Waals surface area contributed by atoms with Crippen molar-refractivity contribution in [2.24, 2.45) is 11.8 Å². The van der Waals surface area contributed by atoms with Gasteiger partial charge in [0.05, 0.1) is 5.92 Å². The van der Waals surface area contributed by atoms with E-state index in [4.69, 9.17) is 0 Å². The van der Waals surface area contributed by atoms with E-state index in [9.17, 15) is 19.5 Å². The second-order valence-corrected chi connectivity index (χ2v) is 6.59. The summed E-state index contributed by atoms with van der Waals surface area (Å²) in [7, 11) is 0. The van der Waals surface area contributed by atoms with Crippen LogP contribution < -0.4 is 0 Å². The molecule has 2 amide bonds. The average molecular weight is 296 g/mol. The molecule has 1 N–H and O–H groups in total. The van der Waals surface area contributed by atoms with Crippen LogP contribution in [0.2, 0.25) is 0 Å². The minimum Gasteiger partial charge on any atom is -0.480 e. The summed E-state index contributed by atoms with van der Waals surface area (Å²) in [5.74, 6) is -1.05. The number of nitrogens with zero attached hydrogens (tertiary/aromatic N) is 2. The lowest BCUT2D eigenvalue weighted by Crippen LogP contribution is -2.54. The smallest absolute Gasteiger partial charge is 0.329 e. The van der Waals surface area contributed by atoms with Crippen LogP contribution in [-0.4, -0.2) is 57.9 Å². The van der Waals surface area contributed by atoms with E-state index in [2.05, 4.69) is 0 Å². The maximum absolute atomic E-state index is 12.6. The first-order valence-electron chi connectivity index (χ1n) is 7.60. The Bertz CT molecular complexity index is 457. The highest BCUT2D eigenvalue weighted by Crippen LogP contribution is 2.32. The Morgan fingerprint density at radius 1 is 1.38 bits per heavy atom. The first kappa shape index (κ1) is 15.8. The van der Waals surface area contributed by atoms with Crippen molar-refractivity contribution < 1.29 is 19.5 Å². The summed E-state index contributed by atoms with van der Waals surface area (Å²) in [5, 5.41) is 9.29. The highest BCUT2D eigenvalue weighted by Gasteiger charge is 2.43. The van der Waals surface area contributed by atoms with E-state index in [1.807, 2.05) is 0 Å². The average Bonchev–Trinajstić information content (AvgIpc) is 3.13. The molecule has 1 unspecified atom stereocenters. The lowest BCUT2D eigenvalue weighted by molar-refractivity contribution is -0.158. The third-order valence-electron chi connectivity index (χ3n) is 4.52. The number of carbonyl (C=O) groups excluding carboxylic acids is 2. The molecule has 0 bridgehead atoms. The second-order valence-electron chi connectivity index (χ2n) is 6.59. The van der Waals surface area contributed by atoms with Gasteiger partial charge in [-0.25, -0.2) is 4.79 Å². The van der Waals surface area contributed by atoms with Gasteiger partial charge in [0.25, 0.3) is 0 Å². The molecule has 6 nitrogen and oxygen atoms in total. The zero-order valence-electron chi connectivity index (χ0n) is 13.0. The fourth-order valence-electron chi connectivity index (χ4n) is 2.89. The number of rotatable bonds is 6. The molecule has 1 heterocycles. The highest BCUT2D eigenvalue weighted by molar-refractivity contribution is 5.92. The van der Waals surface area contributed by atoms with Gasteiger partial charge in [0.2, 0.25) is 11.8 Å². The van der Waals surface area contributed by atoms with Gasteiger partial charge in [0.1, 0.15) is 5.54 Å². The highest BCUT2D eigenvalue weighted by atomic mass is 16.4. The lowest BCUT2D eigenvalue weighted by Gasteiger charge is -2.35. The van der Waals surface area contributed by atoms with Gasteiger partial charge >= 0.3 is 5.97 Å². The van der Waals surface area contributed by atoms with Crippen LogP contribution in [0.1, 0.15) is 40.0 Å². The van der Waals surface area contributed by atoms with Crippen molar-refractivity contribution in [1.29, 1.82) is 0 Å². The summed E-state index contributed by atoms with van der Waals surface area (Å²) in [6, 6.07) is 0. The van der Waals surface area contributed by atoms with Gasteiger partial charge in [-0.15, -0.1) is 0 Å². The SMILES string of the molecule is CCN(C(=O)C1CC(=O)N(CC2CC2)C1)C(C)(C)C(=O)O. The molecule has 1 saturated heterocycles. The van der Waals surface area contributed by atoms with Crippen molar-refractivity contribution in [3.63, 3.8) is 0 Å². The Balaban J connectivity index is 2.04. The summed E-state index contributed by atoms with van der Waals surface area (Å²) in [6.07, 6.45) is 2.53. The van der Waals surface area contributed by atoms with Crippen LogP contribution in [0.15, 0.2) is 0 Å². The van der Waals surface area contributed by atoms with Crippen LogP contribution in [0.4, 0.5) is 0 Å².